The van der Waals surface area contributed by atoms with Crippen molar-refractivity contribution in [3.63, 3.8) is 0 Å². The van der Waals surface area contributed by atoms with Crippen LogP contribution in [-0.4, -0.2) is 45.8 Å². The molecule has 1 aromatic carbocycles. The lowest BCUT2D eigenvalue weighted by Gasteiger charge is -2.34. The van der Waals surface area contributed by atoms with Gasteiger partial charge in [-0.1, -0.05) is 18.2 Å². The van der Waals surface area contributed by atoms with Crippen molar-refractivity contribution in [2.24, 2.45) is 0 Å². The minimum absolute atomic E-state index is 0.0878. The zero-order valence-corrected chi connectivity index (χ0v) is 12.8. The highest BCUT2D eigenvalue weighted by atomic mass is 16.3. The Hall–Kier alpha value is -2.58. The van der Waals surface area contributed by atoms with Crippen molar-refractivity contribution in [1.82, 2.24) is 10.6 Å². The van der Waals surface area contributed by atoms with Crippen molar-refractivity contribution in [3.8, 4) is 0 Å². The van der Waals surface area contributed by atoms with Gasteiger partial charge in [0.25, 0.3) is 5.91 Å². The lowest BCUT2D eigenvalue weighted by molar-refractivity contribution is -0.142. The summed E-state index contributed by atoms with van der Waals surface area (Å²) in [5.74, 6) is -3.07. The molecule has 0 radical (unpaired) electrons. The quantitative estimate of drug-likeness (QED) is 0.465. The lowest BCUT2D eigenvalue weighted by Crippen LogP contribution is -2.63. The van der Waals surface area contributed by atoms with Crippen LogP contribution in [0, 0.1) is 6.92 Å². The number of hydrogen-bond acceptors (Lipinski definition) is 6. The molecule has 0 saturated carbocycles. The zero-order valence-electron chi connectivity index (χ0n) is 12.8. The van der Waals surface area contributed by atoms with E-state index < -0.39 is 54.1 Å². The number of fused-ring (bicyclic) bond motifs is 2. The van der Waals surface area contributed by atoms with E-state index in [2.05, 4.69) is 10.6 Å². The average molecular weight is 332 g/mol. The third-order valence-corrected chi connectivity index (χ3v) is 4.33. The second kappa shape index (κ2) is 5.50. The molecule has 1 heterocycles. The minimum atomic E-state index is -2.08. The number of hydrogen-bond donors (Lipinski definition) is 4. The molecule has 1 aliphatic heterocycles. The van der Waals surface area contributed by atoms with Crippen LogP contribution in [0.3, 0.4) is 0 Å². The van der Waals surface area contributed by atoms with Crippen molar-refractivity contribution in [2.75, 3.05) is 0 Å². The highest BCUT2D eigenvalue weighted by molar-refractivity contribution is 6.11. The van der Waals surface area contributed by atoms with Crippen molar-refractivity contribution in [1.29, 1.82) is 0 Å². The molecule has 0 aromatic heterocycles. The van der Waals surface area contributed by atoms with Crippen LogP contribution in [0.1, 0.15) is 34.3 Å². The molecule has 1 saturated heterocycles. The third-order valence-electron chi connectivity index (χ3n) is 4.33. The molecule has 2 aliphatic rings. The number of Topliss-reactive ketones (excluding diaryl/α,β-unsaturated/α-hetero) is 2. The number of rotatable bonds is 0. The number of ketones is 2. The molecular formula is C16H16N2O6. The third kappa shape index (κ3) is 2.31. The van der Waals surface area contributed by atoms with Gasteiger partial charge in [0.1, 0.15) is 12.2 Å². The molecule has 3 rings (SSSR count). The van der Waals surface area contributed by atoms with E-state index in [1.54, 1.807) is 19.1 Å². The average Bonchev–Trinajstić information content (AvgIpc) is 2.66. The van der Waals surface area contributed by atoms with Crippen LogP contribution < -0.4 is 10.6 Å². The SMILES string of the molecule is Cc1cccc2c1C(=O)CC(O)C(=O)C21NC(=O)CC(O)C(=O)N1. The fourth-order valence-electron chi connectivity index (χ4n) is 3.19. The van der Waals surface area contributed by atoms with E-state index in [0.29, 0.717) is 5.56 Å². The van der Waals surface area contributed by atoms with Crippen LogP contribution in [0.2, 0.25) is 0 Å². The molecule has 3 unspecified atom stereocenters. The van der Waals surface area contributed by atoms with Gasteiger partial charge in [-0.2, -0.15) is 0 Å². The van der Waals surface area contributed by atoms with Gasteiger partial charge in [-0.3, -0.25) is 19.2 Å². The molecule has 8 nitrogen and oxygen atoms in total. The maximum Gasteiger partial charge on any atom is 0.251 e. The summed E-state index contributed by atoms with van der Waals surface area (Å²) in [5.41, 5.74) is -1.28. The molecule has 1 fully saturated rings. The van der Waals surface area contributed by atoms with Crippen LogP contribution in [0.5, 0.6) is 0 Å². The number of aryl methyl sites for hydroxylation is 1. The fraction of sp³-hybridized carbons (Fsp3) is 0.375. The van der Waals surface area contributed by atoms with Gasteiger partial charge in [-0.05, 0) is 12.5 Å². The molecule has 24 heavy (non-hydrogen) atoms. The predicted molar refractivity (Wildman–Crippen MR) is 79.7 cm³/mol. The number of amides is 2. The molecular weight excluding hydrogens is 316 g/mol. The molecule has 8 heteroatoms. The number of nitrogens with one attached hydrogen (secondary N) is 2. The van der Waals surface area contributed by atoms with Gasteiger partial charge in [-0.15, -0.1) is 0 Å². The number of carbonyl (C=O) groups is 4. The Morgan fingerprint density at radius 2 is 1.75 bits per heavy atom. The normalized spacial score (nSPS) is 30.3. The Bertz CT molecular complexity index is 774. The van der Waals surface area contributed by atoms with Gasteiger partial charge in [0.2, 0.25) is 17.4 Å². The predicted octanol–water partition coefficient (Wildman–Crippen LogP) is -1.34. The molecule has 1 aliphatic carbocycles. The molecule has 1 aromatic rings. The fourth-order valence-corrected chi connectivity index (χ4v) is 3.19. The summed E-state index contributed by atoms with van der Waals surface area (Å²) in [6.07, 6.45) is -4.29. The summed E-state index contributed by atoms with van der Waals surface area (Å²) in [7, 11) is 0. The van der Waals surface area contributed by atoms with Crippen molar-refractivity contribution in [2.45, 2.75) is 37.6 Å². The molecule has 0 bridgehead atoms. The minimum Gasteiger partial charge on any atom is -0.385 e. The van der Waals surface area contributed by atoms with E-state index in [-0.39, 0.29) is 11.1 Å². The van der Waals surface area contributed by atoms with Gasteiger partial charge in [-0.25, -0.2) is 0 Å². The second-order valence-electron chi connectivity index (χ2n) is 6.01. The van der Waals surface area contributed by atoms with E-state index in [1.165, 1.54) is 6.07 Å². The largest absolute Gasteiger partial charge is 0.385 e. The van der Waals surface area contributed by atoms with E-state index in [1.807, 2.05) is 0 Å². The number of aliphatic hydroxyl groups excluding tert-OH is 2. The maximum absolute atomic E-state index is 12.8. The van der Waals surface area contributed by atoms with Crippen LogP contribution in [-0.2, 0) is 20.0 Å². The van der Waals surface area contributed by atoms with Crippen molar-refractivity contribution >= 4 is 23.4 Å². The van der Waals surface area contributed by atoms with Gasteiger partial charge >= 0.3 is 0 Å². The summed E-state index contributed by atoms with van der Waals surface area (Å²) in [5, 5.41) is 24.5. The molecule has 4 N–H and O–H groups in total. The first-order valence-corrected chi connectivity index (χ1v) is 7.43. The summed E-state index contributed by atoms with van der Waals surface area (Å²) in [6.45, 7) is 1.65. The Kier molecular flexibility index (Phi) is 3.73. The first-order chi connectivity index (χ1) is 11.3. The Labute approximate surface area is 136 Å². The van der Waals surface area contributed by atoms with E-state index in [4.69, 9.17) is 0 Å². The van der Waals surface area contributed by atoms with E-state index >= 15 is 0 Å². The van der Waals surface area contributed by atoms with Crippen molar-refractivity contribution in [3.05, 3.63) is 34.9 Å². The smallest absolute Gasteiger partial charge is 0.251 e. The maximum atomic E-state index is 12.8. The first kappa shape index (κ1) is 16.3. The second-order valence-corrected chi connectivity index (χ2v) is 6.01. The number of aliphatic hydroxyl groups is 2. The monoisotopic (exact) mass is 332 g/mol. The van der Waals surface area contributed by atoms with E-state index in [9.17, 15) is 29.4 Å². The summed E-state index contributed by atoms with van der Waals surface area (Å²) in [4.78, 5) is 49.4. The van der Waals surface area contributed by atoms with Gasteiger partial charge in [0.15, 0.2) is 5.78 Å². The van der Waals surface area contributed by atoms with Crippen LogP contribution in [0.15, 0.2) is 18.2 Å². The molecule has 3 atom stereocenters. The van der Waals surface area contributed by atoms with Gasteiger partial charge in [0, 0.05) is 17.5 Å². The van der Waals surface area contributed by atoms with Crippen LogP contribution in [0.25, 0.3) is 0 Å². The topological polar surface area (TPSA) is 133 Å². The molecule has 2 amide bonds. The Morgan fingerprint density at radius 3 is 2.46 bits per heavy atom. The van der Waals surface area contributed by atoms with Crippen LogP contribution >= 0.6 is 0 Å². The standard InChI is InChI=1S/C16H16N2O6/c1-7-3-2-4-8-13(7)9(19)5-10(20)14(23)16(8)17-12(22)6-11(21)15(24)18-16/h2-4,10-11,20-21H,5-6H2,1H3,(H,17,22)(H,18,24). The summed E-state index contributed by atoms with van der Waals surface area (Å²) >= 11 is 0. The lowest BCUT2D eigenvalue weighted by atomic mass is 9.88. The van der Waals surface area contributed by atoms with E-state index in [0.717, 1.165) is 0 Å². The molecule has 1 spiro atoms. The summed E-state index contributed by atoms with van der Waals surface area (Å²) in [6, 6.07) is 4.67. The van der Waals surface area contributed by atoms with Gasteiger partial charge in [0.05, 0.1) is 6.42 Å². The first-order valence-electron chi connectivity index (χ1n) is 7.43. The Morgan fingerprint density at radius 1 is 1.04 bits per heavy atom. The highest BCUT2D eigenvalue weighted by Gasteiger charge is 2.52. The molecule has 126 valence electrons. The summed E-state index contributed by atoms with van der Waals surface area (Å²) < 4.78 is 0. The van der Waals surface area contributed by atoms with Crippen LogP contribution in [0.4, 0.5) is 0 Å². The number of carbonyl (C=O) groups excluding carboxylic acids is 4. The number of benzene rings is 1. The Balaban J connectivity index is 2.31. The zero-order chi connectivity index (χ0) is 17.6. The van der Waals surface area contributed by atoms with Crippen molar-refractivity contribution < 1.29 is 29.4 Å². The van der Waals surface area contributed by atoms with Gasteiger partial charge < -0.3 is 20.8 Å². The highest BCUT2D eigenvalue weighted by Crippen LogP contribution is 2.33.